The summed E-state index contributed by atoms with van der Waals surface area (Å²) in [5, 5.41) is 5.41. The van der Waals surface area contributed by atoms with Crippen LogP contribution in [-0.4, -0.2) is 18.5 Å². The third kappa shape index (κ3) is 6.47. The van der Waals surface area contributed by atoms with Gasteiger partial charge in [-0.3, -0.25) is 4.79 Å². The molecule has 0 spiro atoms. The van der Waals surface area contributed by atoms with Gasteiger partial charge in [-0.15, -0.1) is 0 Å². The minimum atomic E-state index is -0.601. The number of carbonyl (C=O) groups is 2. The molecule has 0 heterocycles. The van der Waals surface area contributed by atoms with Crippen LogP contribution in [0.4, 0.5) is 5.69 Å². The Balaban J connectivity index is 1.24. The molecule has 170 valence electrons. The summed E-state index contributed by atoms with van der Waals surface area (Å²) in [6.45, 7) is 0.0589. The fourth-order valence-corrected chi connectivity index (χ4v) is 3.42. The minimum Gasteiger partial charge on any atom is -0.489 e. The van der Waals surface area contributed by atoms with Crippen molar-refractivity contribution >= 4 is 46.0 Å². The van der Waals surface area contributed by atoms with Crippen LogP contribution in [0.5, 0.6) is 5.75 Å². The number of carbonyl (C=O) groups excluding carboxylic acids is 2. The van der Waals surface area contributed by atoms with Gasteiger partial charge in [0.05, 0.1) is 0 Å². The Hall–Kier alpha value is -4.09. The van der Waals surface area contributed by atoms with Gasteiger partial charge in [-0.05, 0) is 52.9 Å². The summed E-state index contributed by atoms with van der Waals surface area (Å²) in [5.41, 5.74) is 2.49. The molecule has 4 aromatic carbocycles. The van der Waals surface area contributed by atoms with Gasteiger partial charge in [0.2, 0.25) is 0 Å². The molecule has 0 aliphatic heterocycles. The van der Waals surface area contributed by atoms with Crippen molar-refractivity contribution in [3.05, 3.63) is 113 Å². The zero-order valence-electron chi connectivity index (χ0n) is 18.2. The summed E-state index contributed by atoms with van der Waals surface area (Å²) < 4.78 is 10.8. The molecule has 0 aromatic heterocycles. The summed E-state index contributed by atoms with van der Waals surface area (Å²) in [6.07, 6.45) is 2.91. The van der Waals surface area contributed by atoms with Crippen LogP contribution in [0.1, 0.15) is 11.1 Å². The number of anilines is 1. The van der Waals surface area contributed by atoms with E-state index in [1.165, 1.54) is 6.08 Å². The molecule has 1 amide bonds. The van der Waals surface area contributed by atoms with Crippen LogP contribution in [0.3, 0.4) is 0 Å². The number of halogens is 1. The first-order valence-electron chi connectivity index (χ1n) is 10.7. The van der Waals surface area contributed by atoms with Gasteiger partial charge < -0.3 is 14.8 Å². The molecule has 0 bridgehead atoms. The summed E-state index contributed by atoms with van der Waals surface area (Å²) >= 11 is 5.89. The Morgan fingerprint density at radius 2 is 1.59 bits per heavy atom. The van der Waals surface area contributed by atoms with Crippen molar-refractivity contribution in [2.45, 2.75) is 6.61 Å². The Kier molecular flexibility index (Phi) is 7.58. The molecule has 0 saturated heterocycles. The van der Waals surface area contributed by atoms with E-state index in [2.05, 4.69) is 5.32 Å². The molecule has 6 heteroatoms. The number of benzene rings is 4. The molecule has 1 N–H and O–H groups in total. The van der Waals surface area contributed by atoms with Gasteiger partial charge in [-0.25, -0.2) is 4.79 Å². The van der Waals surface area contributed by atoms with Crippen LogP contribution in [0.15, 0.2) is 97.1 Å². The Morgan fingerprint density at radius 3 is 2.38 bits per heavy atom. The van der Waals surface area contributed by atoms with Crippen molar-refractivity contribution in [1.29, 1.82) is 0 Å². The summed E-state index contributed by atoms with van der Waals surface area (Å²) in [7, 11) is 0. The lowest BCUT2D eigenvalue weighted by Gasteiger charge is -2.08. The van der Waals surface area contributed by atoms with Gasteiger partial charge in [0.15, 0.2) is 6.61 Å². The third-order valence-corrected chi connectivity index (χ3v) is 5.27. The number of fused-ring (bicyclic) bond motifs is 1. The van der Waals surface area contributed by atoms with E-state index >= 15 is 0 Å². The van der Waals surface area contributed by atoms with Gasteiger partial charge in [-0.2, -0.15) is 0 Å². The van der Waals surface area contributed by atoms with Crippen LogP contribution >= 0.6 is 11.6 Å². The van der Waals surface area contributed by atoms with Gasteiger partial charge in [0.25, 0.3) is 5.91 Å². The minimum absolute atomic E-state index is 0.371. The number of amides is 1. The normalized spacial score (nSPS) is 10.9. The third-order valence-electron chi connectivity index (χ3n) is 5.02. The van der Waals surface area contributed by atoms with Crippen molar-refractivity contribution in [3.63, 3.8) is 0 Å². The molecule has 0 aliphatic carbocycles. The molecule has 34 heavy (non-hydrogen) atoms. The second kappa shape index (κ2) is 11.2. The van der Waals surface area contributed by atoms with Crippen LogP contribution in [-0.2, 0) is 20.9 Å². The maximum atomic E-state index is 12.2. The van der Waals surface area contributed by atoms with E-state index in [9.17, 15) is 9.59 Å². The van der Waals surface area contributed by atoms with Crippen LogP contribution in [0, 0.1) is 0 Å². The van der Waals surface area contributed by atoms with Gasteiger partial charge in [0, 0.05) is 22.2 Å². The summed E-state index contributed by atoms with van der Waals surface area (Å²) in [4.78, 5) is 24.2. The van der Waals surface area contributed by atoms with Crippen LogP contribution < -0.4 is 10.1 Å². The molecule has 0 saturated carbocycles. The number of nitrogens with one attached hydrogen (secondary N) is 1. The van der Waals surface area contributed by atoms with Crippen molar-refractivity contribution in [2.75, 3.05) is 11.9 Å². The van der Waals surface area contributed by atoms with Gasteiger partial charge in [0.1, 0.15) is 12.4 Å². The zero-order chi connectivity index (χ0) is 23.8. The fourth-order valence-electron chi connectivity index (χ4n) is 3.29. The van der Waals surface area contributed by atoms with Crippen LogP contribution in [0.25, 0.3) is 16.8 Å². The van der Waals surface area contributed by atoms with Crippen molar-refractivity contribution in [1.82, 2.24) is 0 Å². The SMILES string of the molecule is O=C(COC(=O)/C=C/c1ccc(OCc2ccc(Cl)cc2)cc1)Nc1cccc2ccccc12. The summed E-state index contributed by atoms with van der Waals surface area (Å²) in [6, 6.07) is 28.1. The smallest absolute Gasteiger partial charge is 0.331 e. The first-order valence-corrected chi connectivity index (χ1v) is 11.0. The molecule has 0 unspecified atom stereocenters. The first kappa shape index (κ1) is 23.1. The molecule has 0 aliphatic rings. The van der Waals surface area contributed by atoms with Gasteiger partial charge >= 0.3 is 5.97 Å². The van der Waals surface area contributed by atoms with E-state index < -0.39 is 11.9 Å². The average Bonchev–Trinajstić information content (AvgIpc) is 2.87. The predicted octanol–water partition coefficient (Wildman–Crippen LogP) is 6.27. The monoisotopic (exact) mass is 471 g/mol. The zero-order valence-corrected chi connectivity index (χ0v) is 19.0. The highest BCUT2D eigenvalue weighted by Gasteiger charge is 2.08. The Morgan fingerprint density at radius 1 is 0.853 bits per heavy atom. The van der Waals surface area contributed by atoms with Crippen molar-refractivity contribution in [2.24, 2.45) is 0 Å². The highest BCUT2D eigenvalue weighted by molar-refractivity contribution is 6.30. The van der Waals surface area contributed by atoms with E-state index in [0.29, 0.717) is 23.1 Å². The van der Waals surface area contributed by atoms with E-state index in [1.807, 2.05) is 91.0 Å². The second-order valence-electron chi connectivity index (χ2n) is 7.50. The number of ether oxygens (including phenoxy) is 2. The number of hydrogen-bond acceptors (Lipinski definition) is 4. The maximum Gasteiger partial charge on any atom is 0.331 e. The fraction of sp³-hybridized carbons (Fsp3) is 0.0714. The highest BCUT2D eigenvalue weighted by Crippen LogP contribution is 2.23. The summed E-state index contributed by atoms with van der Waals surface area (Å²) in [5.74, 6) is -0.295. The Bertz CT molecular complexity index is 1310. The molecular formula is C28H22ClNO4. The van der Waals surface area contributed by atoms with E-state index in [1.54, 1.807) is 6.08 Å². The average molecular weight is 472 g/mol. The van der Waals surface area contributed by atoms with Crippen molar-refractivity contribution < 1.29 is 19.1 Å². The maximum absolute atomic E-state index is 12.2. The largest absolute Gasteiger partial charge is 0.489 e. The quantitative estimate of drug-likeness (QED) is 0.243. The van der Waals surface area contributed by atoms with Gasteiger partial charge in [-0.1, -0.05) is 72.3 Å². The van der Waals surface area contributed by atoms with E-state index in [0.717, 1.165) is 21.9 Å². The first-order chi connectivity index (χ1) is 16.6. The molecule has 0 radical (unpaired) electrons. The molecule has 0 atom stereocenters. The molecule has 4 aromatic rings. The second-order valence-corrected chi connectivity index (χ2v) is 7.94. The van der Waals surface area contributed by atoms with E-state index in [4.69, 9.17) is 21.1 Å². The topological polar surface area (TPSA) is 64.6 Å². The number of esters is 1. The predicted molar refractivity (Wildman–Crippen MR) is 135 cm³/mol. The van der Waals surface area contributed by atoms with Crippen LogP contribution in [0.2, 0.25) is 5.02 Å². The molecular weight excluding hydrogens is 450 g/mol. The van der Waals surface area contributed by atoms with E-state index in [-0.39, 0.29) is 6.61 Å². The molecule has 5 nitrogen and oxygen atoms in total. The lowest BCUT2D eigenvalue weighted by molar-refractivity contribution is -0.142. The van der Waals surface area contributed by atoms with Crippen molar-refractivity contribution in [3.8, 4) is 5.75 Å². The highest BCUT2D eigenvalue weighted by atomic mass is 35.5. The number of hydrogen-bond donors (Lipinski definition) is 1. The number of rotatable bonds is 8. The lowest BCUT2D eigenvalue weighted by atomic mass is 10.1. The molecule has 0 fully saturated rings. The lowest BCUT2D eigenvalue weighted by Crippen LogP contribution is -2.20. The molecule has 4 rings (SSSR count). The Labute approximate surface area is 202 Å². The standard InChI is InChI=1S/C28H22ClNO4/c29-23-13-8-21(9-14-23)18-33-24-15-10-20(11-16-24)12-17-28(32)34-19-27(31)30-26-7-3-5-22-4-1-2-6-25(22)26/h1-17H,18-19H2,(H,30,31)/b17-12+.